The molecule has 26 heavy (non-hydrogen) atoms. The Bertz CT molecular complexity index is 797. The van der Waals surface area contributed by atoms with Gasteiger partial charge in [-0.2, -0.15) is 0 Å². The molecule has 8 nitrogen and oxygen atoms in total. The molecule has 0 saturated carbocycles. The molecule has 0 fully saturated rings. The lowest BCUT2D eigenvalue weighted by Gasteiger charge is -2.08. The molecular formula is C16H20FN2O6P. The summed E-state index contributed by atoms with van der Waals surface area (Å²) in [6.07, 6.45) is 3.42. The fourth-order valence-corrected chi connectivity index (χ4v) is 2.59. The molecule has 0 spiro atoms. The van der Waals surface area contributed by atoms with Gasteiger partial charge in [-0.25, -0.2) is 18.7 Å². The van der Waals surface area contributed by atoms with Crippen LogP contribution in [0.15, 0.2) is 30.5 Å². The molecule has 0 aliphatic rings. The highest BCUT2D eigenvalue weighted by Crippen LogP contribution is 2.35. The fraction of sp³-hybridized carbons (Fsp3) is 0.375. The number of phosphoric ester groups is 1. The van der Waals surface area contributed by atoms with Crippen LogP contribution in [0.5, 0.6) is 0 Å². The number of phosphoric acid groups is 1. The average Bonchev–Trinajstić information content (AvgIpc) is 2.56. The van der Waals surface area contributed by atoms with Crippen LogP contribution in [-0.4, -0.2) is 34.1 Å². The zero-order valence-corrected chi connectivity index (χ0v) is 14.8. The van der Waals surface area contributed by atoms with Crippen molar-refractivity contribution in [3.05, 3.63) is 36.3 Å². The number of aromatic nitrogens is 1. The molecule has 1 amide bonds. The summed E-state index contributed by atoms with van der Waals surface area (Å²) in [7, 11) is -4.40. The summed E-state index contributed by atoms with van der Waals surface area (Å²) in [5, 5.41) is 3.86. The zero-order chi connectivity index (χ0) is 19.0. The number of nitrogens with zero attached hydrogens (tertiary/aromatic N) is 1. The zero-order valence-electron chi connectivity index (χ0n) is 13.9. The van der Waals surface area contributed by atoms with Crippen molar-refractivity contribution in [2.24, 2.45) is 0 Å². The van der Waals surface area contributed by atoms with E-state index in [1.165, 1.54) is 18.3 Å². The molecule has 2 aromatic rings. The van der Waals surface area contributed by atoms with Gasteiger partial charge in [-0.05, 0) is 48.9 Å². The van der Waals surface area contributed by atoms with Crippen LogP contribution in [-0.2, 0) is 13.8 Å². The van der Waals surface area contributed by atoms with Crippen LogP contribution in [0.4, 0.5) is 15.0 Å². The minimum atomic E-state index is -4.40. The van der Waals surface area contributed by atoms with Crippen molar-refractivity contribution in [2.75, 3.05) is 18.5 Å². The van der Waals surface area contributed by atoms with Crippen LogP contribution in [0.3, 0.4) is 0 Å². The lowest BCUT2D eigenvalue weighted by atomic mass is 10.2. The van der Waals surface area contributed by atoms with E-state index in [-0.39, 0.29) is 24.8 Å². The molecule has 0 aliphatic carbocycles. The quantitative estimate of drug-likeness (QED) is 0.445. The Hall–Kier alpha value is -2.06. The van der Waals surface area contributed by atoms with E-state index < -0.39 is 13.9 Å². The van der Waals surface area contributed by atoms with Gasteiger partial charge in [0, 0.05) is 11.6 Å². The summed E-state index contributed by atoms with van der Waals surface area (Å²) in [4.78, 5) is 32.8. The van der Waals surface area contributed by atoms with Crippen LogP contribution in [0.1, 0.15) is 25.7 Å². The molecular weight excluding hydrogens is 366 g/mol. The van der Waals surface area contributed by atoms with Gasteiger partial charge in [-0.1, -0.05) is 6.42 Å². The Morgan fingerprint density at radius 1 is 1.12 bits per heavy atom. The Morgan fingerprint density at radius 3 is 2.58 bits per heavy atom. The molecule has 142 valence electrons. The number of benzene rings is 1. The minimum absolute atomic E-state index is 0.0140. The topological polar surface area (TPSA) is 118 Å². The van der Waals surface area contributed by atoms with Crippen LogP contribution >= 0.6 is 7.82 Å². The first-order chi connectivity index (χ1) is 12.3. The highest BCUT2D eigenvalue weighted by atomic mass is 31.2. The van der Waals surface area contributed by atoms with E-state index >= 15 is 0 Å². The van der Waals surface area contributed by atoms with E-state index in [0.717, 1.165) is 11.8 Å². The normalized spacial score (nSPS) is 11.5. The molecule has 1 heterocycles. The number of carbonyl (C=O) groups is 1. The third-order valence-electron chi connectivity index (χ3n) is 3.45. The van der Waals surface area contributed by atoms with Gasteiger partial charge in [0.1, 0.15) is 11.6 Å². The van der Waals surface area contributed by atoms with Crippen molar-refractivity contribution in [3.8, 4) is 0 Å². The van der Waals surface area contributed by atoms with Crippen molar-refractivity contribution in [1.29, 1.82) is 0 Å². The van der Waals surface area contributed by atoms with Crippen molar-refractivity contribution in [3.63, 3.8) is 0 Å². The Morgan fingerprint density at radius 2 is 1.85 bits per heavy atom. The number of hydrogen-bond donors (Lipinski definition) is 3. The number of rotatable bonds is 9. The Balaban J connectivity index is 1.64. The summed E-state index contributed by atoms with van der Waals surface area (Å²) in [5.41, 5.74) is 0. The van der Waals surface area contributed by atoms with Crippen molar-refractivity contribution in [2.45, 2.75) is 25.7 Å². The average molecular weight is 386 g/mol. The molecule has 0 atom stereocenters. The lowest BCUT2D eigenvalue weighted by molar-refractivity contribution is 0.157. The summed E-state index contributed by atoms with van der Waals surface area (Å²) >= 11 is 0. The van der Waals surface area contributed by atoms with Crippen LogP contribution < -0.4 is 5.32 Å². The van der Waals surface area contributed by atoms with E-state index in [9.17, 15) is 13.8 Å². The number of anilines is 1. The molecule has 1 aromatic carbocycles. The number of ether oxygens (including phenoxy) is 1. The van der Waals surface area contributed by atoms with E-state index in [4.69, 9.17) is 14.5 Å². The van der Waals surface area contributed by atoms with Gasteiger partial charge >= 0.3 is 13.9 Å². The second-order valence-electron chi connectivity index (χ2n) is 5.56. The molecule has 0 aliphatic heterocycles. The predicted octanol–water partition coefficient (Wildman–Crippen LogP) is 3.59. The molecule has 0 saturated heterocycles. The Labute approximate surface area is 149 Å². The molecule has 2 rings (SSSR count). The first-order valence-electron chi connectivity index (χ1n) is 8.03. The second-order valence-corrected chi connectivity index (χ2v) is 6.80. The highest BCUT2D eigenvalue weighted by Gasteiger charge is 2.12. The maximum atomic E-state index is 13.2. The van der Waals surface area contributed by atoms with Crippen molar-refractivity contribution < 1.29 is 32.8 Å². The van der Waals surface area contributed by atoms with Crippen LogP contribution in [0.25, 0.3) is 10.8 Å². The molecule has 3 N–H and O–H groups in total. The largest absolute Gasteiger partial charge is 0.469 e. The lowest BCUT2D eigenvalue weighted by Crippen LogP contribution is -2.15. The summed E-state index contributed by atoms with van der Waals surface area (Å²) in [6, 6.07) is 5.85. The van der Waals surface area contributed by atoms with Crippen LogP contribution in [0.2, 0.25) is 0 Å². The van der Waals surface area contributed by atoms with Crippen LogP contribution in [0, 0.1) is 5.82 Å². The smallest absolute Gasteiger partial charge is 0.449 e. The van der Waals surface area contributed by atoms with E-state index in [2.05, 4.69) is 14.8 Å². The van der Waals surface area contributed by atoms with Gasteiger partial charge in [0.25, 0.3) is 0 Å². The monoisotopic (exact) mass is 386 g/mol. The van der Waals surface area contributed by atoms with Gasteiger partial charge in [0.05, 0.1) is 13.2 Å². The molecule has 0 bridgehead atoms. The number of nitrogens with one attached hydrogen (secondary N) is 1. The second kappa shape index (κ2) is 9.59. The summed E-state index contributed by atoms with van der Waals surface area (Å²) < 4.78 is 33.0. The van der Waals surface area contributed by atoms with E-state index in [1.54, 1.807) is 12.1 Å². The number of unbranched alkanes of at least 4 members (excludes halogenated alkanes) is 3. The van der Waals surface area contributed by atoms with Gasteiger partial charge in [-0.3, -0.25) is 9.84 Å². The molecule has 1 aromatic heterocycles. The van der Waals surface area contributed by atoms with Gasteiger partial charge in [0.15, 0.2) is 0 Å². The minimum Gasteiger partial charge on any atom is -0.449 e. The highest BCUT2D eigenvalue weighted by molar-refractivity contribution is 7.46. The SMILES string of the molecule is O=C(Nc1cc2cc(F)ccc2cn1)OCCCCCCOP(=O)(O)O. The summed E-state index contributed by atoms with van der Waals surface area (Å²) in [5.74, 6) is -0.105. The maximum absolute atomic E-state index is 13.2. The molecule has 10 heteroatoms. The van der Waals surface area contributed by atoms with Crippen molar-refractivity contribution >= 4 is 30.5 Å². The molecule has 0 unspecified atom stereocenters. The number of carbonyl (C=O) groups excluding carboxylic acids is 1. The van der Waals surface area contributed by atoms with Gasteiger partial charge in [-0.15, -0.1) is 0 Å². The number of amides is 1. The van der Waals surface area contributed by atoms with E-state index in [0.29, 0.717) is 24.6 Å². The number of hydrogen-bond acceptors (Lipinski definition) is 5. The van der Waals surface area contributed by atoms with E-state index in [1.807, 2.05) is 0 Å². The number of halogens is 1. The Kier molecular flexibility index (Phi) is 7.47. The third kappa shape index (κ3) is 7.45. The predicted molar refractivity (Wildman–Crippen MR) is 93.1 cm³/mol. The first-order valence-corrected chi connectivity index (χ1v) is 9.56. The number of pyridine rings is 1. The van der Waals surface area contributed by atoms with Gasteiger partial charge < -0.3 is 14.5 Å². The first kappa shape index (κ1) is 20.3. The van der Waals surface area contributed by atoms with Gasteiger partial charge in [0.2, 0.25) is 0 Å². The van der Waals surface area contributed by atoms with Crippen molar-refractivity contribution in [1.82, 2.24) is 4.98 Å². The standard InChI is InChI=1S/C16H20FN2O6P/c17-14-6-5-12-11-18-15(10-13(12)9-14)19-16(20)24-7-3-1-2-4-8-25-26(21,22)23/h5-6,9-11H,1-4,7-8H2,(H,18,19,20)(H2,21,22,23). The molecule has 0 radical (unpaired) electrons. The third-order valence-corrected chi connectivity index (χ3v) is 3.96. The fourth-order valence-electron chi connectivity index (χ4n) is 2.23. The maximum Gasteiger partial charge on any atom is 0.469 e. The summed E-state index contributed by atoms with van der Waals surface area (Å²) in [6.45, 7) is 0.188. The number of fused-ring (bicyclic) bond motifs is 1.